The first-order valence-corrected chi connectivity index (χ1v) is 12.8. The van der Waals surface area contributed by atoms with E-state index in [9.17, 15) is 4.39 Å². The summed E-state index contributed by atoms with van der Waals surface area (Å²) < 4.78 is 44.8. The molecule has 0 aliphatic rings. The summed E-state index contributed by atoms with van der Waals surface area (Å²) in [5, 5.41) is 9.40. The SMILES string of the molecule is Cc1ccccc1.Cc1ncnc(CCCc2ccc(Oc3ccc(C#N)cc3F)cc2)c1Cl.O=S(=O)=O. The van der Waals surface area contributed by atoms with E-state index in [4.69, 9.17) is 34.2 Å². The number of aromatic nitrogens is 2. The van der Waals surface area contributed by atoms with Gasteiger partial charge in [0.25, 0.3) is 0 Å². The van der Waals surface area contributed by atoms with Crippen molar-refractivity contribution in [3.8, 4) is 17.6 Å². The van der Waals surface area contributed by atoms with Gasteiger partial charge in [-0.2, -0.15) is 5.26 Å². The number of rotatable bonds is 6. The molecule has 0 amide bonds. The van der Waals surface area contributed by atoms with E-state index in [0.29, 0.717) is 10.8 Å². The molecule has 1 heterocycles. The molecule has 196 valence electrons. The summed E-state index contributed by atoms with van der Waals surface area (Å²) in [5.41, 5.74) is 4.37. The summed E-state index contributed by atoms with van der Waals surface area (Å²) in [7, 11) is -3.11. The minimum absolute atomic E-state index is 0.0931. The third kappa shape index (κ3) is 10.9. The van der Waals surface area contributed by atoms with Gasteiger partial charge in [0, 0.05) is 0 Å². The predicted octanol–water partition coefficient (Wildman–Crippen LogP) is 6.41. The van der Waals surface area contributed by atoms with Crippen LogP contribution in [0.15, 0.2) is 79.1 Å². The zero-order valence-corrected chi connectivity index (χ0v) is 22.3. The van der Waals surface area contributed by atoms with Gasteiger partial charge >= 0.3 is 10.6 Å². The summed E-state index contributed by atoms with van der Waals surface area (Å²) in [4.78, 5) is 8.30. The summed E-state index contributed by atoms with van der Waals surface area (Å²) >= 11 is 6.21. The average molecular weight is 554 g/mol. The van der Waals surface area contributed by atoms with Crippen molar-refractivity contribution in [3.05, 3.63) is 118 Å². The van der Waals surface area contributed by atoms with Crippen LogP contribution in [0.5, 0.6) is 11.5 Å². The lowest BCUT2D eigenvalue weighted by Crippen LogP contribution is -1.97. The summed E-state index contributed by atoms with van der Waals surface area (Å²) in [5.74, 6) is 0.0718. The molecule has 0 bridgehead atoms. The predicted molar refractivity (Wildman–Crippen MR) is 142 cm³/mol. The Labute approximate surface area is 227 Å². The van der Waals surface area contributed by atoms with Gasteiger partial charge in [0.05, 0.1) is 28.0 Å². The van der Waals surface area contributed by atoms with Gasteiger partial charge in [0.1, 0.15) is 12.1 Å². The van der Waals surface area contributed by atoms with Crippen LogP contribution in [0.1, 0.15) is 34.5 Å². The van der Waals surface area contributed by atoms with Crippen LogP contribution in [0, 0.1) is 31.0 Å². The Balaban J connectivity index is 0.000000384. The van der Waals surface area contributed by atoms with Crippen LogP contribution in [0.25, 0.3) is 0 Å². The monoisotopic (exact) mass is 553 g/mol. The van der Waals surface area contributed by atoms with Crippen molar-refractivity contribution in [3.63, 3.8) is 0 Å². The number of ether oxygens (including phenoxy) is 1. The molecule has 1 aromatic heterocycles. The molecule has 0 atom stereocenters. The third-order valence-corrected chi connectivity index (χ3v) is 5.56. The van der Waals surface area contributed by atoms with Gasteiger partial charge in [-0.15, -0.1) is 12.6 Å². The lowest BCUT2D eigenvalue weighted by molar-refractivity contribution is 0.442. The van der Waals surface area contributed by atoms with E-state index in [1.54, 1.807) is 12.1 Å². The molecule has 0 unspecified atom stereocenters. The van der Waals surface area contributed by atoms with Crippen LogP contribution in [0.3, 0.4) is 0 Å². The van der Waals surface area contributed by atoms with Crippen LogP contribution < -0.4 is 4.74 Å². The number of halogens is 2. The quantitative estimate of drug-likeness (QED) is 0.271. The van der Waals surface area contributed by atoms with E-state index < -0.39 is 16.4 Å². The number of nitrogens with zero attached hydrogens (tertiary/aromatic N) is 3. The minimum atomic E-state index is -3.11. The molecule has 0 fully saturated rings. The molecule has 0 radical (unpaired) electrons. The average Bonchev–Trinajstić information content (AvgIpc) is 2.89. The largest absolute Gasteiger partial charge is 0.454 e. The fourth-order valence-electron chi connectivity index (χ4n) is 3.18. The molecule has 10 heteroatoms. The minimum Gasteiger partial charge on any atom is -0.454 e. The van der Waals surface area contributed by atoms with Crippen molar-refractivity contribution in [2.45, 2.75) is 33.1 Å². The molecule has 38 heavy (non-hydrogen) atoms. The van der Waals surface area contributed by atoms with Crippen LogP contribution in [-0.4, -0.2) is 22.6 Å². The van der Waals surface area contributed by atoms with Gasteiger partial charge in [-0.05, 0) is 69.0 Å². The molecule has 0 saturated carbocycles. The van der Waals surface area contributed by atoms with Crippen molar-refractivity contribution in [2.75, 3.05) is 0 Å². The fourth-order valence-corrected chi connectivity index (χ4v) is 3.37. The highest BCUT2D eigenvalue weighted by Crippen LogP contribution is 2.26. The van der Waals surface area contributed by atoms with Crippen LogP contribution in [0.4, 0.5) is 4.39 Å². The highest BCUT2D eigenvalue weighted by atomic mass is 35.5. The first-order chi connectivity index (χ1) is 18.2. The first kappa shape index (κ1) is 30.1. The molecule has 0 spiro atoms. The maximum atomic E-state index is 13.9. The highest BCUT2D eigenvalue weighted by molar-refractivity contribution is 7.59. The maximum absolute atomic E-state index is 13.9. The van der Waals surface area contributed by atoms with E-state index in [-0.39, 0.29) is 11.3 Å². The lowest BCUT2D eigenvalue weighted by atomic mass is 10.1. The zero-order chi connectivity index (χ0) is 27.9. The Morgan fingerprint density at radius 3 is 2.16 bits per heavy atom. The summed E-state index contributed by atoms with van der Waals surface area (Å²) in [6.07, 6.45) is 4.08. The first-order valence-electron chi connectivity index (χ1n) is 11.4. The second-order valence-corrected chi connectivity index (χ2v) is 8.72. The number of aryl methyl sites for hydroxylation is 4. The molecule has 0 aliphatic heterocycles. The van der Waals surface area contributed by atoms with Gasteiger partial charge in [-0.25, -0.2) is 14.4 Å². The van der Waals surface area contributed by atoms with Crippen molar-refractivity contribution >= 4 is 22.2 Å². The van der Waals surface area contributed by atoms with Crippen molar-refractivity contribution in [1.82, 2.24) is 9.97 Å². The second-order valence-electron chi connectivity index (χ2n) is 7.94. The normalized spacial score (nSPS) is 9.66. The number of hydrogen-bond acceptors (Lipinski definition) is 7. The standard InChI is InChI=1S/C21H17ClFN3O.C7H8.O3S/c1-14-21(22)19(26-13-25-14)4-2-3-15-5-8-17(9-6-15)27-20-10-7-16(12-24)11-18(20)23;1-7-5-3-2-4-6-7;1-4(2)3/h5-11,13H,2-4H2,1H3;2-6H,1H3;. The number of hydrogen-bond donors (Lipinski definition) is 0. The Kier molecular flexibility index (Phi) is 12.6. The topological polar surface area (TPSA) is 110 Å². The smallest absolute Gasteiger partial charge is 0.425 e. The second kappa shape index (κ2) is 15.9. The van der Waals surface area contributed by atoms with E-state index >= 15 is 0 Å². The van der Waals surface area contributed by atoms with Gasteiger partial charge in [-0.1, -0.05) is 59.6 Å². The molecule has 0 N–H and O–H groups in total. The molecule has 0 aliphatic carbocycles. The zero-order valence-electron chi connectivity index (χ0n) is 20.8. The molecule has 4 rings (SSSR count). The van der Waals surface area contributed by atoms with Gasteiger partial charge in [-0.3, -0.25) is 0 Å². The fraction of sp³-hybridized carbons (Fsp3) is 0.179. The van der Waals surface area contributed by atoms with Crippen molar-refractivity contribution in [2.24, 2.45) is 0 Å². The molecular formula is C28H25ClFN3O4S. The Bertz CT molecular complexity index is 1470. The van der Waals surface area contributed by atoms with Crippen molar-refractivity contribution in [1.29, 1.82) is 5.26 Å². The van der Waals surface area contributed by atoms with Crippen molar-refractivity contribution < 1.29 is 21.8 Å². The molecule has 7 nitrogen and oxygen atoms in total. The van der Waals surface area contributed by atoms with Crippen LogP contribution in [-0.2, 0) is 23.5 Å². The highest BCUT2D eigenvalue weighted by Gasteiger charge is 2.08. The third-order valence-electron chi connectivity index (χ3n) is 5.07. The molecule has 3 aromatic carbocycles. The van der Waals surface area contributed by atoms with Crippen LogP contribution in [0.2, 0.25) is 5.02 Å². The van der Waals surface area contributed by atoms with E-state index in [0.717, 1.165) is 42.3 Å². The summed E-state index contributed by atoms with van der Waals surface area (Å²) in [6, 6.07) is 23.8. The van der Waals surface area contributed by atoms with E-state index in [1.165, 1.54) is 24.0 Å². The Morgan fingerprint density at radius 1 is 0.947 bits per heavy atom. The van der Waals surface area contributed by atoms with E-state index in [2.05, 4.69) is 29.0 Å². The Hall–Kier alpha value is -4.13. The van der Waals surface area contributed by atoms with Crippen LogP contribution >= 0.6 is 11.6 Å². The molecule has 4 aromatic rings. The maximum Gasteiger partial charge on any atom is 0.425 e. The van der Waals surface area contributed by atoms with Gasteiger partial charge in [0.15, 0.2) is 11.6 Å². The molecule has 0 saturated heterocycles. The van der Waals surface area contributed by atoms with Gasteiger partial charge < -0.3 is 4.74 Å². The Morgan fingerprint density at radius 2 is 1.61 bits per heavy atom. The number of nitriles is 1. The summed E-state index contributed by atoms with van der Waals surface area (Å²) in [6.45, 7) is 3.95. The lowest BCUT2D eigenvalue weighted by Gasteiger charge is -2.08. The van der Waals surface area contributed by atoms with Gasteiger partial charge in [0.2, 0.25) is 0 Å². The number of benzene rings is 3. The van der Waals surface area contributed by atoms with E-state index in [1.807, 2.05) is 43.3 Å². The molecular weight excluding hydrogens is 529 g/mol.